The second-order valence-corrected chi connectivity index (χ2v) is 6.82. The third-order valence-corrected chi connectivity index (χ3v) is 4.59. The highest BCUT2D eigenvalue weighted by atomic mass is 16.6. The third kappa shape index (κ3) is 4.64. The first kappa shape index (κ1) is 21.9. The predicted molar refractivity (Wildman–Crippen MR) is 119 cm³/mol. The van der Waals surface area contributed by atoms with E-state index in [0.717, 1.165) is 0 Å². The molecule has 2 heterocycles. The number of benzene rings is 2. The number of phenolic OH excluding ortho intramolecular Hbond substituents is 1. The summed E-state index contributed by atoms with van der Waals surface area (Å²) >= 11 is 0. The van der Waals surface area contributed by atoms with E-state index in [-0.39, 0.29) is 40.9 Å². The van der Waals surface area contributed by atoms with Crippen LogP contribution in [0.3, 0.4) is 0 Å². The summed E-state index contributed by atoms with van der Waals surface area (Å²) in [5.74, 6) is -1.23. The van der Waals surface area contributed by atoms with Crippen LogP contribution in [-0.4, -0.2) is 48.4 Å². The number of anilines is 2. The van der Waals surface area contributed by atoms with Crippen molar-refractivity contribution >= 4 is 29.5 Å². The Kier molecular flexibility index (Phi) is 6.11. The molecule has 0 fully saturated rings. The maximum atomic E-state index is 12.8. The first-order valence-corrected chi connectivity index (χ1v) is 9.72. The molecule has 14 nitrogen and oxygen atoms in total. The monoisotopic (exact) mass is 462 g/mol. The van der Waals surface area contributed by atoms with Gasteiger partial charge in [-0.3, -0.25) is 9.59 Å². The Morgan fingerprint density at radius 1 is 1.15 bits per heavy atom. The van der Waals surface area contributed by atoms with Crippen LogP contribution in [0.2, 0.25) is 0 Å². The van der Waals surface area contributed by atoms with Crippen LogP contribution in [0.5, 0.6) is 5.75 Å². The normalized spacial score (nSPS) is 10.9. The first-order chi connectivity index (χ1) is 16.4. The number of nitrogens with zero attached hydrogens (tertiary/aromatic N) is 6. The minimum atomic E-state index is -0.670. The van der Waals surface area contributed by atoms with Crippen LogP contribution in [-0.2, 0) is 6.54 Å². The lowest BCUT2D eigenvalue weighted by atomic mass is 10.1. The van der Waals surface area contributed by atoms with E-state index in [1.807, 2.05) is 0 Å². The van der Waals surface area contributed by atoms with E-state index >= 15 is 0 Å². The predicted octanol–water partition coefficient (Wildman–Crippen LogP) is 0.413. The lowest BCUT2D eigenvalue weighted by Gasteiger charge is -2.11. The molecular weight excluding hydrogens is 444 g/mol. The van der Waals surface area contributed by atoms with Gasteiger partial charge in [0.2, 0.25) is 11.6 Å². The largest absolute Gasteiger partial charge is 0.508 e. The van der Waals surface area contributed by atoms with E-state index in [4.69, 9.17) is 11.5 Å². The molecule has 14 heteroatoms. The van der Waals surface area contributed by atoms with Crippen molar-refractivity contribution < 1.29 is 19.3 Å². The van der Waals surface area contributed by atoms with Crippen molar-refractivity contribution in [3.05, 3.63) is 71.0 Å². The standard InChI is InChI=1S/C20H18N10O4/c21-17-19(28-34-27-17)30-15(10-23-14-4-2-1-3-13(14)18(22)32)16(25-29-30)20(33)26-24-9-11-5-7-12(31)8-6-11/h1-9,23,31H,10H2,(H2,21,27)(H2,22,32)(H,26,33)/b24-9+. The number of hydrazone groups is 1. The number of aromatic nitrogens is 5. The topological polar surface area (TPSA) is 212 Å². The number of hydrogen-bond acceptors (Lipinski definition) is 11. The van der Waals surface area contributed by atoms with Gasteiger partial charge in [0.05, 0.1) is 24.0 Å². The van der Waals surface area contributed by atoms with E-state index in [9.17, 15) is 14.7 Å². The lowest BCUT2D eigenvalue weighted by molar-refractivity contribution is 0.0947. The zero-order valence-corrected chi connectivity index (χ0v) is 17.4. The Morgan fingerprint density at radius 3 is 2.62 bits per heavy atom. The molecule has 0 aliphatic rings. The maximum absolute atomic E-state index is 12.8. The van der Waals surface area contributed by atoms with Gasteiger partial charge in [0.15, 0.2) is 5.69 Å². The fourth-order valence-corrected chi connectivity index (χ4v) is 2.95. The van der Waals surface area contributed by atoms with E-state index in [0.29, 0.717) is 11.3 Å². The number of para-hydroxylation sites is 1. The van der Waals surface area contributed by atoms with Crippen molar-refractivity contribution in [2.45, 2.75) is 6.54 Å². The smallest absolute Gasteiger partial charge is 0.293 e. The number of amides is 2. The number of aromatic hydroxyl groups is 1. The Balaban J connectivity index is 1.60. The van der Waals surface area contributed by atoms with Gasteiger partial charge in [0, 0.05) is 5.69 Å². The van der Waals surface area contributed by atoms with Gasteiger partial charge in [-0.05, 0) is 52.3 Å². The summed E-state index contributed by atoms with van der Waals surface area (Å²) in [7, 11) is 0. The van der Waals surface area contributed by atoms with Crippen LogP contribution >= 0.6 is 0 Å². The number of carbonyl (C=O) groups excluding carboxylic acids is 2. The van der Waals surface area contributed by atoms with Gasteiger partial charge in [0.1, 0.15) is 5.75 Å². The molecule has 0 saturated carbocycles. The SMILES string of the molecule is NC(=O)c1ccccc1NCc1c(C(=O)N/N=C/c2ccc(O)cc2)nnn1-c1nonc1N. The third-order valence-electron chi connectivity index (χ3n) is 4.59. The van der Waals surface area contributed by atoms with Gasteiger partial charge in [0.25, 0.3) is 11.8 Å². The molecule has 4 aromatic rings. The Hall–Kier alpha value is -5.27. The Bertz CT molecular complexity index is 1360. The minimum Gasteiger partial charge on any atom is -0.508 e. The number of hydrogen-bond donors (Lipinski definition) is 5. The van der Waals surface area contributed by atoms with Crippen molar-refractivity contribution in [3.63, 3.8) is 0 Å². The fourth-order valence-electron chi connectivity index (χ4n) is 2.95. The van der Waals surface area contributed by atoms with Gasteiger partial charge in [-0.25, -0.2) is 10.1 Å². The van der Waals surface area contributed by atoms with Gasteiger partial charge in [-0.15, -0.1) is 5.10 Å². The van der Waals surface area contributed by atoms with Crippen LogP contribution in [0.1, 0.15) is 32.1 Å². The van der Waals surface area contributed by atoms with Gasteiger partial charge in [-0.2, -0.15) is 9.78 Å². The molecule has 2 aromatic carbocycles. The second-order valence-electron chi connectivity index (χ2n) is 6.82. The molecule has 0 unspecified atom stereocenters. The van der Waals surface area contributed by atoms with Crippen LogP contribution in [0.25, 0.3) is 5.82 Å². The van der Waals surface area contributed by atoms with Crippen LogP contribution in [0.4, 0.5) is 11.5 Å². The molecule has 0 atom stereocenters. The highest BCUT2D eigenvalue weighted by Gasteiger charge is 2.24. The van der Waals surface area contributed by atoms with Gasteiger partial charge in [-0.1, -0.05) is 17.3 Å². The van der Waals surface area contributed by atoms with E-state index in [1.54, 1.807) is 36.4 Å². The molecular formula is C20H18N10O4. The van der Waals surface area contributed by atoms with Crippen molar-refractivity contribution in [2.75, 3.05) is 11.1 Å². The second kappa shape index (κ2) is 9.47. The summed E-state index contributed by atoms with van der Waals surface area (Å²) in [6.45, 7) is -0.0198. The molecule has 2 amide bonds. The molecule has 0 bridgehead atoms. The van der Waals surface area contributed by atoms with E-state index < -0.39 is 11.8 Å². The molecule has 7 N–H and O–H groups in total. The Morgan fingerprint density at radius 2 is 1.91 bits per heavy atom. The summed E-state index contributed by atoms with van der Waals surface area (Å²) in [6.07, 6.45) is 1.39. The van der Waals surface area contributed by atoms with E-state index in [2.05, 4.69) is 41.1 Å². The number of nitrogens with one attached hydrogen (secondary N) is 2. The van der Waals surface area contributed by atoms with Crippen LogP contribution in [0, 0.1) is 0 Å². The van der Waals surface area contributed by atoms with Gasteiger partial charge < -0.3 is 21.9 Å². The fraction of sp³-hybridized carbons (Fsp3) is 0.0500. The zero-order chi connectivity index (χ0) is 24.1. The number of rotatable bonds is 8. The van der Waals surface area contributed by atoms with Crippen molar-refractivity contribution in [2.24, 2.45) is 10.8 Å². The van der Waals surface area contributed by atoms with Gasteiger partial charge >= 0.3 is 0 Å². The average Bonchev–Trinajstić information content (AvgIpc) is 3.44. The zero-order valence-electron chi connectivity index (χ0n) is 17.4. The number of primary amides is 1. The molecule has 0 saturated heterocycles. The average molecular weight is 462 g/mol. The first-order valence-electron chi connectivity index (χ1n) is 9.72. The number of nitrogens with two attached hydrogens (primary N) is 2. The molecule has 34 heavy (non-hydrogen) atoms. The number of phenols is 1. The highest BCUT2D eigenvalue weighted by Crippen LogP contribution is 2.19. The summed E-state index contributed by atoms with van der Waals surface area (Å²) in [5, 5.41) is 31.3. The Labute approximate surface area is 191 Å². The van der Waals surface area contributed by atoms with Crippen LogP contribution in [0.15, 0.2) is 58.3 Å². The summed E-state index contributed by atoms with van der Waals surface area (Å²) < 4.78 is 5.81. The summed E-state index contributed by atoms with van der Waals surface area (Å²) in [5.41, 5.74) is 15.1. The van der Waals surface area contributed by atoms with E-state index in [1.165, 1.54) is 23.0 Å². The number of carbonyl (C=O) groups is 2. The van der Waals surface area contributed by atoms with Crippen molar-refractivity contribution in [1.29, 1.82) is 0 Å². The highest BCUT2D eigenvalue weighted by molar-refractivity contribution is 5.98. The van der Waals surface area contributed by atoms with Crippen LogP contribution < -0.4 is 22.2 Å². The maximum Gasteiger partial charge on any atom is 0.293 e. The quantitative estimate of drug-likeness (QED) is 0.180. The lowest BCUT2D eigenvalue weighted by Crippen LogP contribution is -2.22. The molecule has 0 radical (unpaired) electrons. The molecule has 4 rings (SSSR count). The summed E-state index contributed by atoms with van der Waals surface area (Å²) in [4.78, 5) is 24.5. The minimum absolute atomic E-state index is 0.0198. The molecule has 2 aromatic heterocycles. The molecule has 0 aliphatic heterocycles. The number of nitrogen functional groups attached to an aromatic ring is 1. The molecule has 172 valence electrons. The van der Waals surface area contributed by atoms with Crippen molar-refractivity contribution in [3.8, 4) is 11.6 Å². The molecule has 0 aliphatic carbocycles. The van der Waals surface area contributed by atoms with Crippen molar-refractivity contribution in [1.82, 2.24) is 30.7 Å². The summed E-state index contributed by atoms with van der Waals surface area (Å²) in [6, 6.07) is 12.8. The molecule has 0 spiro atoms.